The largest absolute Gasteiger partial charge is 0.502 e. The van der Waals surface area contributed by atoms with E-state index in [2.05, 4.69) is 0 Å². The van der Waals surface area contributed by atoms with E-state index in [1.54, 1.807) is 17.0 Å². The number of methoxy groups -OCH3 is 2. The highest BCUT2D eigenvalue weighted by atomic mass is 16.5. The number of fused-ring (bicyclic) bond motifs is 1. The Bertz CT molecular complexity index is 903. The van der Waals surface area contributed by atoms with E-state index in [0.29, 0.717) is 12.1 Å². The van der Waals surface area contributed by atoms with E-state index in [0.717, 1.165) is 17.7 Å². The van der Waals surface area contributed by atoms with Gasteiger partial charge in [-0.25, -0.2) is 0 Å². The van der Waals surface area contributed by atoms with Gasteiger partial charge in [-0.3, -0.25) is 4.79 Å². The van der Waals surface area contributed by atoms with Gasteiger partial charge in [0.15, 0.2) is 11.5 Å². The molecule has 2 aromatic carbocycles. The smallest absolute Gasteiger partial charge is 0.268 e. The van der Waals surface area contributed by atoms with Crippen molar-refractivity contribution in [1.82, 2.24) is 0 Å². The molecule has 0 aliphatic carbocycles. The third-order valence-electron chi connectivity index (χ3n) is 4.30. The summed E-state index contributed by atoms with van der Waals surface area (Å²) in [4.78, 5) is 14.5. The average Bonchev–Trinajstić information content (AvgIpc) is 3.10. The maximum absolute atomic E-state index is 12.8. The van der Waals surface area contributed by atoms with E-state index in [4.69, 9.17) is 9.47 Å². The summed E-state index contributed by atoms with van der Waals surface area (Å²) in [7, 11) is 2.83. The van der Waals surface area contributed by atoms with Crippen LogP contribution < -0.4 is 14.4 Å². The van der Waals surface area contributed by atoms with Crippen LogP contribution in [0.4, 0.5) is 5.69 Å². The summed E-state index contributed by atoms with van der Waals surface area (Å²) in [6.07, 6.45) is 2.23. The lowest BCUT2D eigenvalue weighted by molar-refractivity contribution is -0.114. The van der Waals surface area contributed by atoms with Crippen LogP contribution in [0.15, 0.2) is 42.0 Å². The number of amides is 1. The molecule has 6 heteroatoms. The molecule has 0 bridgehead atoms. The maximum atomic E-state index is 12.8. The first-order chi connectivity index (χ1) is 12.6. The molecule has 0 aromatic heterocycles. The van der Waals surface area contributed by atoms with Gasteiger partial charge in [0.05, 0.1) is 14.2 Å². The number of nitrogens with zero attached hydrogens (tertiary/aromatic N) is 2. The first-order valence-corrected chi connectivity index (χ1v) is 8.05. The summed E-state index contributed by atoms with van der Waals surface area (Å²) in [6, 6.07) is 12.7. The average molecular weight is 350 g/mol. The van der Waals surface area contributed by atoms with E-state index in [-0.39, 0.29) is 28.7 Å². The van der Waals surface area contributed by atoms with Gasteiger partial charge in [-0.2, -0.15) is 5.26 Å². The molecule has 0 saturated heterocycles. The van der Waals surface area contributed by atoms with E-state index in [1.165, 1.54) is 20.3 Å². The van der Waals surface area contributed by atoms with Crippen molar-refractivity contribution in [2.24, 2.45) is 0 Å². The van der Waals surface area contributed by atoms with Gasteiger partial charge in [-0.1, -0.05) is 18.2 Å². The lowest BCUT2D eigenvalue weighted by Crippen LogP contribution is -2.29. The second-order valence-electron chi connectivity index (χ2n) is 5.78. The van der Waals surface area contributed by atoms with Crippen LogP contribution in [0, 0.1) is 11.3 Å². The van der Waals surface area contributed by atoms with Crippen LogP contribution in [-0.4, -0.2) is 31.8 Å². The minimum absolute atomic E-state index is 0.00324. The molecule has 0 saturated carbocycles. The molecule has 132 valence electrons. The fourth-order valence-corrected chi connectivity index (χ4v) is 3.00. The molecular formula is C20H18N2O4. The number of hydrogen-bond donors (Lipinski definition) is 1. The topological polar surface area (TPSA) is 82.8 Å². The lowest BCUT2D eigenvalue weighted by Gasteiger charge is -2.16. The molecule has 6 nitrogen and oxygen atoms in total. The molecule has 1 heterocycles. The number of carbonyl (C=O) groups excluding carboxylic acids is 1. The summed E-state index contributed by atoms with van der Waals surface area (Å²) in [5.41, 5.74) is 2.44. The Kier molecular flexibility index (Phi) is 4.81. The Hall–Kier alpha value is -3.46. The minimum atomic E-state index is -0.358. The number of anilines is 1. The third-order valence-corrected chi connectivity index (χ3v) is 4.30. The van der Waals surface area contributed by atoms with Crippen LogP contribution >= 0.6 is 0 Å². The highest BCUT2D eigenvalue weighted by Crippen LogP contribution is 2.38. The molecule has 1 amide bonds. The van der Waals surface area contributed by atoms with E-state index in [1.807, 2.05) is 30.3 Å². The number of rotatable bonds is 4. The second kappa shape index (κ2) is 7.19. The molecule has 1 aliphatic rings. The Labute approximate surface area is 151 Å². The van der Waals surface area contributed by atoms with Crippen molar-refractivity contribution in [3.63, 3.8) is 0 Å². The zero-order chi connectivity index (χ0) is 18.7. The number of phenolic OH excluding ortho intramolecular Hbond substituents is 1. The molecule has 0 unspecified atom stereocenters. The number of ether oxygens (including phenoxy) is 2. The Balaban J connectivity index is 1.97. The minimum Gasteiger partial charge on any atom is -0.502 e. The number of carbonyl (C=O) groups is 1. The van der Waals surface area contributed by atoms with Gasteiger partial charge in [-0.05, 0) is 41.8 Å². The van der Waals surface area contributed by atoms with Crippen LogP contribution in [-0.2, 0) is 11.2 Å². The fraction of sp³-hybridized carbons (Fsp3) is 0.200. The van der Waals surface area contributed by atoms with Gasteiger partial charge in [0.2, 0.25) is 5.75 Å². The maximum Gasteiger partial charge on any atom is 0.268 e. The van der Waals surface area contributed by atoms with Gasteiger partial charge < -0.3 is 19.5 Å². The zero-order valence-corrected chi connectivity index (χ0v) is 14.5. The van der Waals surface area contributed by atoms with Crippen molar-refractivity contribution in [2.75, 3.05) is 25.7 Å². The second-order valence-corrected chi connectivity index (χ2v) is 5.78. The van der Waals surface area contributed by atoms with Gasteiger partial charge in [-0.15, -0.1) is 0 Å². The number of para-hydroxylation sites is 1. The van der Waals surface area contributed by atoms with Crippen molar-refractivity contribution in [2.45, 2.75) is 6.42 Å². The first kappa shape index (κ1) is 17.4. The van der Waals surface area contributed by atoms with E-state index in [9.17, 15) is 15.2 Å². The van der Waals surface area contributed by atoms with Crippen LogP contribution in [0.25, 0.3) is 6.08 Å². The van der Waals surface area contributed by atoms with E-state index < -0.39 is 0 Å². The third kappa shape index (κ3) is 3.07. The molecule has 3 rings (SSSR count). The lowest BCUT2D eigenvalue weighted by atomic mass is 10.1. The molecule has 26 heavy (non-hydrogen) atoms. The summed E-state index contributed by atoms with van der Waals surface area (Å²) in [6.45, 7) is 0.541. The number of phenols is 1. The van der Waals surface area contributed by atoms with Crippen LogP contribution in [0.1, 0.15) is 11.1 Å². The summed E-state index contributed by atoms with van der Waals surface area (Å²) >= 11 is 0. The molecular weight excluding hydrogens is 332 g/mol. The van der Waals surface area contributed by atoms with Crippen molar-refractivity contribution in [1.29, 1.82) is 5.26 Å². The predicted molar refractivity (Wildman–Crippen MR) is 97.3 cm³/mol. The van der Waals surface area contributed by atoms with Crippen molar-refractivity contribution < 1.29 is 19.4 Å². The molecule has 1 aliphatic heterocycles. The zero-order valence-electron chi connectivity index (χ0n) is 14.5. The number of hydrogen-bond acceptors (Lipinski definition) is 5. The van der Waals surface area contributed by atoms with Crippen molar-refractivity contribution in [3.05, 3.63) is 53.1 Å². The van der Waals surface area contributed by atoms with Crippen molar-refractivity contribution >= 4 is 17.7 Å². The molecule has 0 fully saturated rings. The molecule has 0 radical (unpaired) electrons. The Morgan fingerprint density at radius 3 is 2.50 bits per heavy atom. The number of nitriles is 1. The van der Waals surface area contributed by atoms with Gasteiger partial charge in [0.25, 0.3) is 5.91 Å². The molecule has 0 atom stereocenters. The van der Waals surface area contributed by atoms with Crippen molar-refractivity contribution in [3.8, 4) is 23.3 Å². The Morgan fingerprint density at radius 2 is 1.88 bits per heavy atom. The summed E-state index contributed by atoms with van der Waals surface area (Å²) in [5.74, 6) is -0.0902. The first-order valence-electron chi connectivity index (χ1n) is 8.05. The van der Waals surface area contributed by atoms with Gasteiger partial charge in [0, 0.05) is 12.2 Å². The normalized spacial score (nSPS) is 13.1. The molecule has 1 N–H and O–H groups in total. The SMILES string of the molecule is COc1cc(/C=C(/C#N)C(=O)N2CCc3ccccc32)cc(OC)c1O. The summed E-state index contributed by atoms with van der Waals surface area (Å²) < 4.78 is 10.2. The predicted octanol–water partition coefficient (Wildman–Crippen LogP) is 2.91. The van der Waals surface area contributed by atoms with Crippen LogP contribution in [0.5, 0.6) is 17.2 Å². The summed E-state index contributed by atoms with van der Waals surface area (Å²) in [5, 5.41) is 19.5. The fourth-order valence-electron chi connectivity index (χ4n) is 3.00. The van der Waals surface area contributed by atoms with Crippen LogP contribution in [0.2, 0.25) is 0 Å². The Morgan fingerprint density at radius 1 is 1.23 bits per heavy atom. The number of aromatic hydroxyl groups is 1. The van der Waals surface area contributed by atoms with Gasteiger partial charge >= 0.3 is 0 Å². The quantitative estimate of drug-likeness (QED) is 0.677. The van der Waals surface area contributed by atoms with Gasteiger partial charge in [0.1, 0.15) is 11.6 Å². The standard InChI is InChI=1S/C20H18N2O4/c1-25-17-10-13(11-18(26-2)19(17)23)9-15(12-21)20(24)22-8-7-14-5-3-4-6-16(14)22/h3-6,9-11,23H,7-8H2,1-2H3/b15-9-. The van der Waals surface area contributed by atoms with E-state index >= 15 is 0 Å². The number of benzene rings is 2. The van der Waals surface area contributed by atoms with Crippen LogP contribution in [0.3, 0.4) is 0 Å². The molecule has 0 spiro atoms. The monoisotopic (exact) mass is 350 g/mol. The highest BCUT2D eigenvalue weighted by Gasteiger charge is 2.26. The highest BCUT2D eigenvalue weighted by molar-refractivity contribution is 6.12. The molecule has 2 aromatic rings.